The average molecular weight is 369 g/mol. The number of benzene rings is 3. The van der Waals surface area contributed by atoms with Crippen molar-refractivity contribution >= 4 is 31.3 Å². The number of rotatable bonds is 5. The number of hydrogen-bond donors (Lipinski definition) is 3. The lowest BCUT2D eigenvalue weighted by Gasteiger charge is -2.13. The third-order valence-corrected chi connectivity index (χ3v) is 5.66. The number of nitrogens with two attached hydrogens (primary N) is 2. The molecule has 0 aliphatic carbocycles. The summed E-state index contributed by atoms with van der Waals surface area (Å²) in [7, 11) is -4.06. The number of nitrogen functional groups attached to an aromatic ring is 1. The first kappa shape index (κ1) is 17.9. The molecule has 26 heavy (non-hydrogen) atoms. The maximum absolute atomic E-state index is 13.1. The van der Waals surface area contributed by atoms with Gasteiger partial charge in [0.1, 0.15) is 12.4 Å². The predicted octanol–water partition coefficient (Wildman–Crippen LogP) is 2.56. The first-order chi connectivity index (χ1) is 12.4. The fourth-order valence-corrected chi connectivity index (χ4v) is 4.10. The Morgan fingerprint density at radius 1 is 1.04 bits per heavy atom. The normalized spacial score (nSPS) is 11.4. The summed E-state index contributed by atoms with van der Waals surface area (Å²) < 4.78 is 31.6. The van der Waals surface area contributed by atoms with Gasteiger partial charge >= 0.3 is 0 Å². The monoisotopic (exact) mass is 369 g/mol. The molecule has 0 aromatic heterocycles. The van der Waals surface area contributed by atoms with Crippen LogP contribution in [0.5, 0.6) is 5.75 Å². The van der Waals surface area contributed by atoms with Crippen LogP contribution in [-0.2, 0) is 9.84 Å². The molecule has 3 aromatic rings. The third-order valence-electron chi connectivity index (χ3n) is 3.96. The summed E-state index contributed by atoms with van der Waals surface area (Å²) >= 11 is 0. The van der Waals surface area contributed by atoms with E-state index in [-0.39, 0.29) is 22.8 Å². The summed E-state index contributed by atoms with van der Waals surface area (Å²) in [5.74, 6) is 0.414. The van der Waals surface area contributed by atoms with E-state index in [4.69, 9.17) is 21.6 Å². The van der Waals surface area contributed by atoms with Crippen molar-refractivity contribution in [2.24, 2.45) is 5.73 Å². The van der Waals surface area contributed by atoms with E-state index >= 15 is 0 Å². The van der Waals surface area contributed by atoms with Crippen LogP contribution in [-0.4, -0.2) is 26.6 Å². The van der Waals surface area contributed by atoms with E-state index in [0.29, 0.717) is 17.7 Å². The predicted molar refractivity (Wildman–Crippen MR) is 103 cm³/mol. The molecular weight excluding hydrogens is 350 g/mol. The molecule has 134 valence electrons. The zero-order chi connectivity index (χ0) is 18.7. The largest absolute Gasteiger partial charge is 0.492 e. The van der Waals surface area contributed by atoms with Crippen LogP contribution < -0.4 is 16.2 Å². The van der Waals surface area contributed by atoms with Gasteiger partial charge in [0.2, 0.25) is 9.84 Å². The summed E-state index contributed by atoms with van der Waals surface area (Å²) in [5, 5.41) is 9.10. The van der Waals surface area contributed by atoms with Crippen molar-refractivity contribution in [3.8, 4) is 5.75 Å². The number of hydrogen-bond acceptors (Lipinski definition) is 6. The molecule has 0 radical (unpaired) electrons. The van der Waals surface area contributed by atoms with Crippen LogP contribution in [0.3, 0.4) is 0 Å². The number of sulfone groups is 1. The lowest BCUT2D eigenvalue weighted by Crippen LogP contribution is -2.18. The minimum Gasteiger partial charge on any atom is -0.492 e. The average Bonchev–Trinajstić information content (AvgIpc) is 2.66. The van der Waals surface area contributed by atoms with Crippen LogP contribution in [0.15, 0.2) is 65.6 Å². The summed E-state index contributed by atoms with van der Waals surface area (Å²) in [5.41, 5.74) is 11.6. The second-order valence-corrected chi connectivity index (χ2v) is 7.55. The maximum Gasteiger partial charge on any atom is 0.224 e. The molecule has 0 atom stereocenters. The molecule has 5 N–H and O–H groups in total. The van der Waals surface area contributed by atoms with Crippen molar-refractivity contribution in [3.63, 3.8) is 0 Å². The molecule has 0 spiro atoms. The van der Waals surface area contributed by atoms with Gasteiger partial charge in [0.05, 0.1) is 4.90 Å². The highest BCUT2D eigenvalue weighted by Gasteiger charge is 2.26. The number of anilines is 1. The van der Waals surface area contributed by atoms with E-state index in [1.807, 2.05) is 18.2 Å². The van der Waals surface area contributed by atoms with Crippen molar-refractivity contribution in [2.75, 3.05) is 18.9 Å². The minimum atomic E-state index is -4.06. The van der Waals surface area contributed by atoms with Crippen molar-refractivity contribution in [3.05, 3.63) is 66.2 Å². The van der Waals surface area contributed by atoms with Crippen molar-refractivity contribution < 1.29 is 13.2 Å². The van der Waals surface area contributed by atoms with Gasteiger partial charge in [0, 0.05) is 23.2 Å². The highest BCUT2D eigenvalue weighted by molar-refractivity contribution is 8.07. The number of nitrogens with one attached hydrogen (secondary N) is 1. The smallest absolute Gasteiger partial charge is 0.224 e. The van der Waals surface area contributed by atoms with Crippen molar-refractivity contribution in [1.29, 1.82) is 5.41 Å². The number of ether oxygens (including phenoxy) is 1. The summed E-state index contributed by atoms with van der Waals surface area (Å²) in [6.07, 6.45) is 0. The highest BCUT2D eigenvalue weighted by atomic mass is 32.2. The molecule has 6 nitrogen and oxygen atoms in total. The number of fused-ring (bicyclic) bond motifs is 1. The first-order valence-electron chi connectivity index (χ1n) is 7.99. The van der Waals surface area contributed by atoms with Gasteiger partial charge in [-0.1, -0.05) is 36.4 Å². The molecule has 0 bridgehead atoms. The Morgan fingerprint density at radius 3 is 2.54 bits per heavy atom. The first-order valence-corrected chi connectivity index (χ1v) is 9.47. The Balaban J connectivity index is 2.09. The zero-order valence-electron chi connectivity index (χ0n) is 14.0. The summed E-state index contributed by atoms with van der Waals surface area (Å²) in [6.45, 7) is 0.609. The molecule has 0 unspecified atom stereocenters. The molecule has 3 aromatic carbocycles. The second-order valence-electron chi connectivity index (χ2n) is 5.70. The Bertz CT molecular complexity index is 1070. The Labute approximate surface area is 151 Å². The lowest BCUT2D eigenvalue weighted by atomic mass is 10.1. The van der Waals surface area contributed by atoms with Crippen molar-refractivity contribution in [2.45, 2.75) is 4.90 Å². The minimum absolute atomic E-state index is 0.0771. The summed E-state index contributed by atoms with van der Waals surface area (Å²) in [6, 6.07) is 16.7. The van der Waals surface area contributed by atoms with Crippen LogP contribution in [0.4, 0.5) is 5.69 Å². The SMILES string of the molecule is N=C(c1cc(OCCN)ccc1N)S(=O)(=O)c1cccc2ccccc12. The second kappa shape index (κ2) is 7.15. The van der Waals surface area contributed by atoms with Gasteiger partial charge < -0.3 is 16.2 Å². The van der Waals surface area contributed by atoms with E-state index in [2.05, 4.69) is 0 Å². The van der Waals surface area contributed by atoms with Crippen LogP contribution in [0.2, 0.25) is 0 Å². The molecule has 0 heterocycles. The van der Waals surface area contributed by atoms with E-state index < -0.39 is 14.9 Å². The van der Waals surface area contributed by atoms with Gasteiger partial charge in [-0.2, -0.15) is 0 Å². The summed E-state index contributed by atoms with van der Waals surface area (Å²) in [4.78, 5) is 0.0771. The molecular formula is C19H19N3O3S. The van der Waals surface area contributed by atoms with Crippen LogP contribution in [0.25, 0.3) is 10.8 Å². The van der Waals surface area contributed by atoms with Gasteiger partial charge in [-0.25, -0.2) is 8.42 Å². The highest BCUT2D eigenvalue weighted by Crippen LogP contribution is 2.28. The van der Waals surface area contributed by atoms with Gasteiger partial charge in [-0.05, 0) is 29.7 Å². The molecule has 3 rings (SSSR count). The lowest BCUT2D eigenvalue weighted by molar-refractivity contribution is 0.328. The molecule has 0 aliphatic heterocycles. The molecule has 0 amide bonds. The fourth-order valence-electron chi connectivity index (χ4n) is 2.68. The zero-order valence-corrected chi connectivity index (χ0v) is 14.8. The molecule has 7 heteroatoms. The molecule has 0 saturated carbocycles. The van der Waals surface area contributed by atoms with E-state index in [1.165, 1.54) is 18.2 Å². The van der Waals surface area contributed by atoms with Crippen LogP contribution in [0.1, 0.15) is 5.56 Å². The topological polar surface area (TPSA) is 119 Å². The van der Waals surface area contributed by atoms with E-state index in [9.17, 15) is 8.42 Å². The van der Waals surface area contributed by atoms with Gasteiger partial charge in [0.25, 0.3) is 0 Å². The van der Waals surface area contributed by atoms with E-state index in [1.54, 1.807) is 24.3 Å². The van der Waals surface area contributed by atoms with Gasteiger partial charge in [-0.3, -0.25) is 5.41 Å². The molecule has 0 aliphatic rings. The molecule has 0 fully saturated rings. The van der Waals surface area contributed by atoms with Gasteiger partial charge in [-0.15, -0.1) is 0 Å². The third kappa shape index (κ3) is 3.26. The van der Waals surface area contributed by atoms with Crippen LogP contribution >= 0.6 is 0 Å². The Morgan fingerprint density at radius 2 is 1.77 bits per heavy atom. The van der Waals surface area contributed by atoms with Gasteiger partial charge in [0.15, 0.2) is 5.04 Å². The van der Waals surface area contributed by atoms with E-state index in [0.717, 1.165) is 5.39 Å². The quantitative estimate of drug-likeness (QED) is 0.363. The molecule has 0 saturated heterocycles. The van der Waals surface area contributed by atoms with Crippen molar-refractivity contribution in [1.82, 2.24) is 0 Å². The Hall–Kier alpha value is -2.90. The maximum atomic E-state index is 13.1. The van der Waals surface area contributed by atoms with Crippen LogP contribution in [0, 0.1) is 5.41 Å². The Kier molecular flexibility index (Phi) is 4.92. The fraction of sp³-hybridized carbons (Fsp3) is 0.105. The standard InChI is InChI=1S/C19H19N3O3S/c20-10-11-25-14-8-9-17(21)16(12-14)19(22)26(23,24)18-7-3-5-13-4-1-2-6-15(13)18/h1-9,12,22H,10-11,20-21H2.